The van der Waals surface area contributed by atoms with Gasteiger partial charge >= 0.3 is 5.97 Å². The molecule has 3 atom stereocenters. The maximum atomic E-state index is 10.9. The highest BCUT2D eigenvalue weighted by molar-refractivity contribution is 5.69. The van der Waals surface area contributed by atoms with Crippen molar-refractivity contribution in [2.24, 2.45) is 17.0 Å². The van der Waals surface area contributed by atoms with Crippen molar-refractivity contribution in [3.63, 3.8) is 0 Å². The van der Waals surface area contributed by atoms with Gasteiger partial charge < -0.3 is 4.74 Å². The molecule has 1 aliphatic carbocycles. The van der Waals surface area contributed by atoms with Crippen molar-refractivity contribution >= 4 is 5.97 Å². The Kier molecular flexibility index (Phi) is 3.14. The summed E-state index contributed by atoms with van der Waals surface area (Å²) in [6, 6.07) is 0.102. The number of rotatable bonds is 4. The SMILES string of the molecule is COC(=O)CC(C)C1CC1N=[N+]=[N-]. The molecule has 0 spiro atoms. The highest BCUT2D eigenvalue weighted by Gasteiger charge is 2.40. The molecule has 72 valence electrons. The van der Waals surface area contributed by atoms with Gasteiger partial charge in [-0.2, -0.15) is 0 Å². The fraction of sp³-hybridized carbons (Fsp3) is 0.875. The van der Waals surface area contributed by atoms with Crippen LogP contribution >= 0.6 is 0 Å². The second-order valence-electron chi connectivity index (χ2n) is 3.43. The number of ether oxygens (including phenoxy) is 1. The molecule has 1 fully saturated rings. The molecule has 1 rings (SSSR count). The first-order valence-electron chi connectivity index (χ1n) is 4.30. The Balaban J connectivity index is 2.30. The predicted octanol–water partition coefficient (Wildman–Crippen LogP) is 1.88. The Labute approximate surface area is 76.7 Å². The minimum absolute atomic E-state index is 0.102. The molecule has 1 saturated carbocycles. The van der Waals surface area contributed by atoms with Crippen LogP contribution in [-0.4, -0.2) is 19.1 Å². The van der Waals surface area contributed by atoms with E-state index in [0.717, 1.165) is 6.42 Å². The number of esters is 1. The molecule has 0 amide bonds. The maximum absolute atomic E-state index is 10.9. The van der Waals surface area contributed by atoms with Crippen molar-refractivity contribution in [3.05, 3.63) is 10.4 Å². The van der Waals surface area contributed by atoms with Gasteiger partial charge in [-0.25, -0.2) is 0 Å². The predicted molar refractivity (Wildman–Crippen MR) is 46.8 cm³/mol. The van der Waals surface area contributed by atoms with Crippen LogP contribution in [0.15, 0.2) is 5.11 Å². The monoisotopic (exact) mass is 183 g/mol. The topological polar surface area (TPSA) is 75.1 Å². The van der Waals surface area contributed by atoms with Crippen LogP contribution in [0.25, 0.3) is 10.4 Å². The summed E-state index contributed by atoms with van der Waals surface area (Å²) in [4.78, 5) is 13.6. The average molecular weight is 183 g/mol. The summed E-state index contributed by atoms with van der Waals surface area (Å²) >= 11 is 0. The molecule has 0 radical (unpaired) electrons. The summed E-state index contributed by atoms with van der Waals surface area (Å²) in [5.41, 5.74) is 8.17. The van der Waals surface area contributed by atoms with Crippen molar-refractivity contribution in [2.45, 2.75) is 25.8 Å². The van der Waals surface area contributed by atoms with Crippen LogP contribution in [0.2, 0.25) is 0 Å². The van der Waals surface area contributed by atoms with Crippen molar-refractivity contribution < 1.29 is 9.53 Å². The Hall–Kier alpha value is -1.22. The van der Waals surface area contributed by atoms with E-state index in [1.54, 1.807) is 0 Å². The molecular formula is C8H13N3O2. The van der Waals surface area contributed by atoms with Crippen LogP contribution in [0.4, 0.5) is 0 Å². The lowest BCUT2D eigenvalue weighted by Crippen LogP contribution is -2.09. The summed E-state index contributed by atoms with van der Waals surface area (Å²) in [5.74, 6) is 0.428. The molecule has 13 heavy (non-hydrogen) atoms. The van der Waals surface area contributed by atoms with Crippen LogP contribution in [0.3, 0.4) is 0 Å². The molecule has 5 nitrogen and oxygen atoms in total. The van der Waals surface area contributed by atoms with Crippen molar-refractivity contribution in [1.82, 2.24) is 0 Å². The highest BCUT2D eigenvalue weighted by atomic mass is 16.5. The van der Waals surface area contributed by atoms with Crippen molar-refractivity contribution in [2.75, 3.05) is 7.11 Å². The summed E-state index contributed by atoms with van der Waals surface area (Å²) in [6.07, 6.45) is 1.32. The lowest BCUT2D eigenvalue weighted by molar-refractivity contribution is -0.141. The molecule has 0 aromatic rings. The van der Waals surface area contributed by atoms with Gasteiger partial charge in [-0.05, 0) is 23.8 Å². The van der Waals surface area contributed by atoms with Gasteiger partial charge in [-0.3, -0.25) is 4.79 Å². The van der Waals surface area contributed by atoms with Crippen molar-refractivity contribution in [1.29, 1.82) is 0 Å². The van der Waals surface area contributed by atoms with E-state index < -0.39 is 0 Å². The van der Waals surface area contributed by atoms with Crippen LogP contribution in [0.1, 0.15) is 19.8 Å². The van der Waals surface area contributed by atoms with Gasteiger partial charge in [0.15, 0.2) is 0 Å². The minimum Gasteiger partial charge on any atom is -0.469 e. The third kappa shape index (κ3) is 2.63. The van der Waals surface area contributed by atoms with Gasteiger partial charge in [0.2, 0.25) is 0 Å². The Bertz CT molecular complexity index is 248. The van der Waals surface area contributed by atoms with Crippen molar-refractivity contribution in [3.8, 4) is 0 Å². The molecule has 0 N–H and O–H groups in total. The summed E-state index contributed by atoms with van der Waals surface area (Å²) < 4.78 is 4.55. The van der Waals surface area contributed by atoms with Gasteiger partial charge in [-0.1, -0.05) is 12.0 Å². The van der Waals surface area contributed by atoms with E-state index in [1.165, 1.54) is 7.11 Å². The van der Waals surface area contributed by atoms with Crippen LogP contribution in [0, 0.1) is 11.8 Å². The largest absolute Gasteiger partial charge is 0.469 e. The molecule has 0 aromatic heterocycles. The lowest BCUT2D eigenvalue weighted by Gasteiger charge is -2.07. The fourth-order valence-electron chi connectivity index (χ4n) is 1.51. The second-order valence-corrected chi connectivity index (χ2v) is 3.43. The van der Waals surface area contributed by atoms with E-state index in [9.17, 15) is 4.79 Å². The number of carbonyl (C=O) groups excluding carboxylic acids is 1. The number of hydrogen-bond acceptors (Lipinski definition) is 3. The van der Waals surface area contributed by atoms with Gasteiger partial charge in [0.05, 0.1) is 7.11 Å². The molecule has 5 heteroatoms. The number of carbonyl (C=O) groups is 1. The molecule has 1 aliphatic rings. The number of nitrogens with zero attached hydrogens (tertiary/aromatic N) is 3. The fourth-order valence-corrected chi connectivity index (χ4v) is 1.51. The Morgan fingerprint density at radius 2 is 2.54 bits per heavy atom. The average Bonchev–Trinajstić information content (AvgIpc) is 2.84. The van der Waals surface area contributed by atoms with E-state index in [4.69, 9.17) is 5.53 Å². The number of azide groups is 1. The zero-order chi connectivity index (χ0) is 9.84. The smallest absolute Gasteiger partial charge is 0.305 e. The second kappa shape index (κ2) is 4.14. The summed E-state index contributed by atoms with van der Waals surface area (Å²) in [5, 5.41) is 3.60. The quantitative estimate of drug-likeness (QED) is 0.289. The number of hydrogen-bond donors (Lipinski definition) is 0. The molecule has 0 aliphatic heterocycles. The first kappa shape index (κ1) is 9.86. The summed E-state index contributed by atoms with van der Waals surface area (Å²) in [6.45, 7) is 1.98. The van der Waals surface area contributed by atoms with E-state index in [-0.39, 0.29) is 17.9 Å². The molecule has 0 saturated heterocycles. The van der Waals surface area contributed by atoms with Crippen LogP contribution in [-0.2, 0) is 9.53 Å². The standard InChI is InChI=1S/C8H13N3O2/c1-5(3-8(12)13-2)6-4-7(6)10-11-9/h5-7H,3-4H2,1-2H3. The molecular weight excluding hydrogens is 170 g/mol. The van der Waals surface area contributed by atoms with Gasteiger partial charge in [0.25, 0.3) is 0 Å². The minimum atomic E-state index is -0.195. The van der Waals surface area contributed by atoms with E-state index in [1.807, 2.05) is 6.92 Å². The van der Waals surface area contributed by atoms with Gasteiger partial charge in [-0.15, -0.1) is 0 Å². The van der Waals surface area contributed by atoms with E-state index in [2.05, 4.69) is 14.8 Å². The molecule has 3 unspecified atom stereocenters. The van der Waals surface area contributed by atoms with E-state index >= 15 is 0 Å². The maximum Gasteiger partial charge on any atom is 0.305 e. The first-order valence-corrected chi connectivity index (χ1v) is 4.30. The lowest BCUT2D eigenvalue weighted by atomic mass is 10.0. The van der Waals surface area contributed by atoms with Crippen LogP contribution < -0.4 is 0 Å². The molecule has 0 aromatic carbocycles. The summed E-state index contributed by atoms with van der Waals surface area (Å²) in [7, 11) is 1.38. The van der Waals surface area contributed by atoms with E-state index in [0.29, 0.717) is 12.3 Å². The first-order chi connectivity index (χ1) is 6.19. The van der Waals surface area contributed by atoms with Gasteiger partial charge in [0.1, 0.15) is 0 Å². The molecule has 0 heterocycles. The molecule has 0 bridgehead atoms. The van der Waals surface area contributed by atoms with Gasteiger partial charge in [0, 0.05) is 17.4 Å². The normalized spacial score (nSPS) is 27.2. The highest BCUT2D eigenvalue weighted by Crippen LogP contribution is 2.41. The third-order valence-corrected chi connectivity index (χ3v) is 2.45. The Morgan fingerprint density at radius 3 is 3.08 bits per heavy atom. The third-order valence-electron chi connectivity index (χ3n) is 2.45. The van der Waals surface area contributed by atoms with Crippen LogP contribution in [0.5, 0.6) is 0 Å². The zero-order valence-corrected chi connectivity index (χ0v) is 7.80. The Morgan fingerprint density at radius 1 is 1.85 bits per heavy atom. The number of methoxy groups -OCH3 is 1. The zero-order valence-electron chi connectivity index (χ0n) is 7.80.